The van der Waals surface area contributed by atoms with Gasteiger partial charge in [-0.1, -0.05) is 12.8 Å². The number of rotatable bonds is 4. The minimum Gasteiger partial charge on any atom is -0.465 e. The van der Waals surface area contributed by atoms with E-state index in [1.807, 2.05) is 5.38 Å². The highest BCUT2D eigenvalue weighted by Gasteiger charge is 2.40. The van der Waals surface area contributed by atoms with Crippen molar-refractivity contribution < 1.29 is 14.3 Å². The maximum absolute atomic E-state index is 13.0. The molecule has 7 heteroatoms. The van der Waals surface area contributed by atoms with Crippen LogP contribution in [0.1, 0.15) is 42.5 Å². The van der Waals surface area contributed by atoms with E-state index in [9.17, 15) is 9.59 Å². The number of hydrogen-bond donors (Lipinski definition) is 0. The van der Waals surface area contributed by atoms with Crippen LogP contribution in [0.3, 0.4) is 0 Å². The van der Waals surface area contributed by atoms with E-state index >= 15 is 0 Å². The fourth-order valence-corrected chi connectivity index (χ4v) is 5.58. The number of carbonyl (C=O) groups is 2. The van der Waals surface area contributed by atoms with Gasteiger partial charge < -0.3 is 9.64 Å². The standard InChI is InChI=1S/C19H27N3O3S/c1-25-19(24)15-7-13-26-18(15)22-8-6-16(17(22)23)21-11-9-20(10-12-21)14-4-2-3-5-14/h7,13-14,16H,2-6,8-12H2,1H3/t16-/m1/s1. The Labute approximate surface area is 158 Å². The lowest BCUT2D eigenvalue weighted by molar-refractivity contribution is -0.122. The second kappa shape index (κ2) is 7.66. The molecule has 26 heavy (non-hydrogen) atoms. The largest absolute Gasteiger partial charge is 0.465 e. The maximum atomic E-state index is 13.0. The third-order valence-electron chi connectivity index (χ3n) is 6.10. The van der Waals surface area contributed by atoms with Crippen LogP contribution in [0.5, 0.6) is 0 Å². The summed E-state index contributed by atoms with van der Waals surface area (Å²) < 4.78 is 4.85. The van der Waals surface area contributed by atoms with Crippen LogP contribution < -0.4 is 4.90 Å². The Morgan fingerprint density at radius 1 is 1.08 bits per heavy atom. The van der Waals surface area contributed by atoms with Gasteiger partial charge in [0, 0.05) is 38.8 Å². The SMILES string of the molecule is COC(=O)c1ccsc1N1CC[C@@H](N2CCN(C3CCCC3)CC2)C1=O. The van der Waals surface area contributed by atoms with E-state index < -0.39 is 0 Å². The molecular formula is C19H27N3O3S. The summed E-state index contributed by atoms with van der Waals surface area (Å²) in [6, 6.07) is 2.46. The molecule has 0 aromatic carbocycles. The average molecular weight is 378 g/mol. The number of methoxy groups -OCH3 is 1. The Kier molecular flexibility index (Phi) is 5.29. The molecule has 1 saturated carbocycles. The summed E-state index contributed by atoms with van der Waals surface area (Å²) in [5.74, 6) is -0.241. The second-order valence-electron chi connectivity index (χ2n) is 7.44. The first kappa shape index (κ1) is 17.9. The predicted molar refractivity (Wildman–Crippen MR) is 102 cm³/mol. The van der Waals surface area contributed by atoms with Gasteiger partial charge in [0.25, 0.3) is 0 Å². The lowest BCUT2D eigenvalue weighted by Crippen LogP contribution is -2.54. The zero-order valence-corrected chi connectivity index (χ0v) is 16.2. The number of esters is 1. The molecule has 1 aliphatic carbocycles. The zero-order valence-electron chi connectivity index (χ0n) is 15.4. The quantitative estimate of drug-likeness (QED) is 0.753. The molecule has 1 aromatic rings. The highest BCUT2D eigenvalue weighted by Crippen LogP contribution is 2.33. The van der Waals surface area contributed by atoms with Gasteiger partial charge in [0.1, 0.15) is 5.00 Å². The molecule has 1 amide bonds. The molecule has 2 saturated heterocycles. The molecule has 1 atom stereocenters. The summed E-state index contributed by atoms with van der Waals surface area (Å²) in [4.78, 5) is 31.7. The third-order valence-corrected chi connectivity index (χ3v) is 7.04. The van der Waals surface area contributed by atoms with Crippen LogP contribution in [-0.4, -0.2) is 73.6 Å². The number of amides is 1. The van der Waals surface area contributed by atoms with Crippen molar-refractivity contribution in [3.05, 3.63) is 17.0 Å². The predicted octanol–water partition coefficient (Wildman–Crippen LogP) is 2.20. The molecule has 0 spiro atoms. The summed E-state index contributed by atoms with van der Waals surface area (Å²) in [5, 5.41) is 2.58. The molecule has 142 valence electrons. The minimum atomic E-state index is -0.373. The number of nitrogens with zero attached hydrogens (tertiary/aromatic N) is 3. The number of ether oxygens (including phenoxy) is 1. The van der Waals surface area contributed by atoms with E-state index in [0.717, 1.165) is 43.6 Å². The van der Waals surface area contributed by atoms with Crippen molar-refractivity contribution >= 4 is 28.2 Å². The van der Waals surface area contributed by atoms with Crippen LogP contribution >= 0.6 is 11.3 Å². The van der Waals surface area contributed by atoms with Crippen molar-refractivity contribution in [2.45, 2.75) is 44.2 Å². The highest BCUT2D eigenvalue weighted by atomic mass is 32.1. The van der Waals surface area contributed by atoms with Gasteiger partial charge in [-0.3, -0.25) is 14.6 Å². The lowest BCUT2D eigenvalue weighted by Gasteiger charge is -2.40. The minimum absolute atomic E-state index is 0.0478. The van der Waals surface area contributed by atoms with Gasteiger partial charge in [0.15, 0.2) is 0 Å². The molecule has 0 unspecified atom stereocenters. The van der Waals surface area contributed by atoms with Gasteiger partial charge in [-0.05, 0) is 30.7 Å². The van der Waals surface area contributed by atoms with Crippen LogP contribution in [0, 0.1) is 0 Å². The third kappa shape index (κ3) is 3.28. The van der Waals surface area contributed by atoms with Crippen molar-refractivity contribution in [1.29, 1.82) is 0 Å². The molecule has 0 bridgehead atoms. The first-order valence-electron chi connectivity index (χ1n) is 9.64. The highest BCUT2D eigenvalue weighted by molar-refractivity contribution is 7.14. The summed E-state index contributed by atoms with van der Waals surface area (Å²) in [7, 11) is 1.38. The van der Waals surface area contributed by atoms with E-state index in [2.05, 4.69) is 9.80 Å². The van der Waals surface area contributed by atoms with Crippen LogP contribution in [0.15, 0.2) is 11.4 Å². The van der Waals surface area contributed by atoms with E-state index in [-0.39, 0.29) is 17.9 Å². The fourth-order valence-electron chi connectivity index (χ4n) is 4.66. The van der Waals surface area contributed by atoms with Crippen molar-refractivity contribution in [3.63, 3.8) is 0 Å². The molecular weight excluding hydrogens is 350 g/mol. The Hall–Kier alpha value is -1.44. The van der Waals surface area contributed by atoms with Crippen molar-refractivity contribution in [3.8, 4) is 0 Å². The number of anilines is 1. The van der Waals surface area contributed by atoms with Gasteiger partial charge in [0.05, 0.1) is 18.7 Å². The topological polar surface area (TPSA) is 53.1 Å². The number of piperazine rings is 1. The van der Waals surface area contributed by atoms with E-state index in [1.54, 1.807) is 11.0 Å². The summed E-state index contributed by atoms with van der Waals surface area (Å²) in [5.41, 5.74) is 0.498. The van der Waals surface area contributed by atoms with Crippen LogP contribution in [0.4, 0.5) is 5.00 Å². The van der Waals surface area contributed by atoms with Gasteiger partial charge >= 0.3 is 5.97 Å². The van der Waals surface area contributed by atoms with Crippen molar-refractivity contribution in [1.82, 2.24) is 9.80 Å². The zero-order chi connectivity index (χ0) is 18.1. The molecule has 3 heterocycles. The molecule has 3 fully saturated rings. The Morgan fingerprint density at radius 3 is 2.46 bits per heavy atom. The molecule has 1 aromatic heterocycles. The van der Waals surface area contributed by atoms with Crippen LogP contribution in [0.25, 0.3) is 0 Å². The van der Waals surface area contributed by atoms with Crippen molar-refractivity contribution in [2.75, 3.05) is 44.7 Å². The fraction of sp³-hybridized carbons (Fsp3) is 0.684. The molecule has 0 N–H and O–H groups in total. The number of hydrogen-bond acceptors (Lipinski definition) is 6. The lowest BCUT2D eigenvalue weighted by atomic mass is 10.1. The summed E-state index contributed by atoms with van der Waals surface area (Å²) in [6.07, 6.45) is 6.24. The van der Waals surface area contributed by atoms with E-state index in [1.165, 1.54) is 44.1 Å². The number of carbonyl (C=O) groups excluding carboxylic acids is 2. The van der Waals surface area contributed by atoms with Crippen LogP contribution in [-0.2, 0) is 9.53 Å². The maximum Gasteiger partial charge on any atom is 0.340 e. The first-order chi connectivity index (χ1) is 12.7. The van der Waals surface area contributed by atoms with E-state index in [4.69, 9.17) is 4.74 Å². The second-order valence-corrected chi connectivity index (χ2v) is 8.33. The van der Waals surface area contributed by atoms with Crippen LogP contribution in [0.2, 0.25) is 0 Å². The molecule has 3 aliphatic rings. The van der Waals surface area contributed by atoms with Gasteiger partial charge in [-0.25, -0.2) is 4.79 Å². The summed E-state index contributed by atoms with van der Waals surface area (Å²) >= 11 is 1.44. The monoisotopic (exact) mass is 377 g/mol. The first-order valence-corrected chi connectivity index (χ1v) is 10.5. The van der Waals surface area contributed by atoms with Gasteiger partial charge in [-0.15, -0.1) is 11.3 Å². The average Bonchev–Trinajstić information content (AvgIpc) is 3.41. The smallest absolute Gasteiger partial charge is 0.340 e. The van der Waals surface area contributed by atoms with Gasteiger partial charge in [-0.2, -0.15) is 0 Å². The molecule has 2 aliphatic heterocycles. The number of thiophene rings is 1. The molecule has 0 radical (unpaired) electrons. The summed E-state index contributed by atoms with van der Waals surface area (Å²) in [6.45, 7) is 4.75. The van der Waals surface area contributed by atoms with Crippen molar-refractivity contribution in [2.24, 2.45) is 0 Å². The Morgan fingerprint density at radius 2 is 1.77 bits per heavy atom. The molecule has 6 nitrogen and oxygen atoms in total. The molecule has 4 rings (SSSR count). The Balaban J connectivity index is 1.39. The van der Waals surface area contributed by atoms with Gasteiger partial charge in [0.2, 0.25) is 5.91 Å². The Bertz CT molecular complexity index is 663. The normalized spacial score (nSPS) is 26.0. The van der Waals surface area contributed by atoms with E-state index in [0.29, 0.717) is 12.1 Å².